The summed E-state index contributed by atoms with van der Waals surface area (Å²) in [6.45, 7) is 5.37. The first-order chi connectivity index (χ1) is 10.9. The van der Waals surface area contributed by atoms with E-state index in [1.54, 1.807) is 13.1 Å². The summed E-state index contributed by atoms with van der Waals surface area (Å²) in [6.07, 6.45) is 3.46. The zero-order valence-electron chi connectivity index (χ0n) is 13.3. The van der Waals surface area contributed by atoms with E-state index in [4.69, 9.17) is 0 Å². The summed E-state index contributed by atoms with van der Waals surface area (Å²) in [4.78, 5) is 30.1. The largest absolute Gasteiger partial charge is 0.480 e. The van der Waals surface area contributed by atoms with Crippen molar-refractivity contribution in [3.05, 3.63) is 34.6 Å². The minimum atomic E-state index is -0.973. The van der Waals surface area contributed by atoms with Crippen LogP contribution in [0, 0.1) is 13.8 Å². The molecule has 1 atom stereocenters. The number of rotatable bonds is 5. The van der Waals surface area contributed by atoms with Crippen LogP contribution in [0.3, 0.4) is 0 Å². The molecule has 2 heterocycles. The fraction of sp³-hybridized carbons (Fsp3) is 0.438. The van der Waals surface area contributed by atoms with Crippen LogP contribution in [-0.4, -0.2) is 43.5 Å². The monoisotopic (exact) mass is 333 g/mol. The highest BCUT2D eigenvalue weighted by atomic mass is 32.1. The number of aryl methyl sites for hydroxylation is 1. The molecule has 1 amide bonds. The van der Waals surface area contributed by atoms with E-state index in [2.05, 4.69) is 4.98 Å². The smallest absolute Gasteiger partial charge is 0.326 e. The molecule has 1 aliphatic rings. The Balaban J connectivity index is 1.99. The van der Waals surface area contributed by atoms with E-state index in [1.165, 1.54) is 16.2 Å². The second kappa shape index (κ2) is 5.81. The lowest BCUT2D eigenvalue weighted by Gasteiger charge is -2.26. The first-order valence-corrected chi connectivity index (χ1v) is 8.44. The zero-order chi connectivity index (χ0) is 16.7. The van der Waals surface area contributed by atoms with E-state index >= 15 is 0 Å². The predicted octanol–water partition coefficient (Wildman–Crippen LogP) is 2.63. The Kier molecular flexibility index (Phi) is 3.97. The maximum atomic E-state index is 13.0. The van der Waals surface area contributed by atoms with Crippen molar-refractivity contribution in [2.75, 3.05) is 0 Å². The van der Waals surface area contributed by atoms with Gasteiger partial charge in [0.2, 0.25) is 0 Å². The molecule has 0 bridgehead atoms. The first kappa shape index (κ1) is 15.7. The molecule has 23 heavy (non-hydrogen) atoms. The summed E-state index contributed by atoms with van der Waals surface area (Å²) in [5, 5.41) is 12.0. The van der Waals surface area contributed by atoms with Gasteiger partial charge in [0.25, 0.3) is 5.91 Å². The van der Waals surface area contributed by atoms with Gasteiger partial charge in [-0.05, 0) is 39.7 Å². The van der Waals surface area contributed by atoms with Gasteiger partial charge in [0, 0.05) is 29.0 Å². The molecule has 1 unspecified atom stereocenters. The lowest BCUT2D eigenvalue weighted by molar-refractivity contribution is -0.141. The number of carbonyl (C=O) groups excluding carboxylic acids is 1. The molecule has 1 saturated carbocycles. The fourth-order valence-electron chi connectivity index (χ4n) is 2.87. The highest BCUT2D eigenvalue weighted by Gasteiger charge is 2.39. The van der Waals surface area contributed by atoms with Gasteiger partial charge < -0.3 is 10.0 Å². The van der Waals surface area contributed by atoms with Crippen molar-refractivity contribution in [2.45, 2.75) is 45.7 Å². The van der Waals surface area contributed by atoms with E-state index < -0.39 is 12.0 Å². The van der Waals surface area contributed by atoms with Crippen molar-refractivity contribution < 1.29 is 14.7 Å². The molecule has 0 aromatic carbocycles. The minimum Gasteiger partial charge on any atom is -0.480 e. The first-order valence-electron chi connectivity index (χ1n) is 7.56. The van der Waals surface area contributed by atoms with Crippen LogP contribution < -0.4 is 0 Å². The normalized spacial score (nSPS) is 15.4. The van der Waals surface area contributed by atoms with Crippen LogP contribution in [0.15, 0.2) is 17.6 Å². The van der Waals surface area contributed by atoms with Gasteiger partial charge in [0.05, 0.1) is 5.56 Å². The molecule has 6 nitrogen and oxygen atoms in total. The Morgan fingerprint density at radius 3 is 2.65 bits per heavy atom. The summed E-state index contributed by atoms with van der Waals surface area (Å²) in [5.74, 6) is -1.18. The molecule has 0 aliphatic heterocycles. The van der Waals surface area contributed by atoms with Crippen LogP contribution in [0.5, 0.6) is 0 Å². The third kappa shape index (κ3) is 2.76. The number of hydrogen-bond donors (Lipinski definition) is 1. The SMILES string of the molecule is Cc1cc(C(=O)N(C2CC2)C(C)C(=O)O)c(C)n1-c1nccs1. The fourth-order valence-corrected chi connectivity index (χ4v) is 3.62. The lowest BCUT2D eigenvalue weighted by Crippen LogP contribution is -2.44. The molecule has 2 aromatic heterocycles. The Morgan fingerprint density at radius 2 is 2.13 bits per heavy atom. The maximum absolute atomic E-state index is 13.0. The maximum Gasteiger partial charge on any atom is 0.326 e. The zero-order valence-corrected chi connectivity index (χ0v) is 14.1. The lowest BCUT2D eigenvalue weighted by atomic mass is 10.1. The van der Waals surface area contributed by atoms with Crippen molar-refractivity contribution in [3.63, 3.8) is 0 Å². The molecule has 1 N–H and O–H groups in total. The molecule has 1 fully saturated rings. The van der Waals surface area contributed by atoms with Gasteiger partial charge in [-0.1, -0.05) is 0 Å². The number of amides is 1. The number of hydrogen-bond acceptors (Lipinski definition) is 4. The highest BCUT2D eigenvalue weighted by Crippen LogP contribution is 2.32. The van der Waals surface area contributed by atoms with Crippen LogP contribution in [0.2, 0.25) is 0 Å². The summed E-state index contributed by atoms with van der Waals surface area (Å²) in [6, 6.07) is 1.04. The molecule has 122 valence electrons. The van der Waals surface area contributed by atoms with Gasteiger partial charge in [-0.15, -0.1) is 11.3 Å². The number of carboxylic acids is 1. The summed E-state index contributed by atoms with van der Waals surface area (Å²) in [7, 11) is 0. The number of carbonyl (C=O) groups is 2. The van der Waals surface area contributed by atoms with E-state index in [0.717, 1.165) is 29.4 Å². The molecule has 0 spiro atoms. The molecule has 1 aliphatic carbocycles. The summed E-state index contributed by atoms with van der Waals surface area (Å²) < 4.78 is 1.94. The highest BCUT2D eigenvalue weighted by molar-refractivity contribution is 7.12. The third-order valence-electron chi connectivity index (χ3n) is 4.22. The second-order valence-corrected chi connectivity index (χ2v) is 6.77. The number of thiazole rings is 1. The number of carboxylic acid groups (broad SMARTS) is 1. The van der Waals surface area contributed by atoms with Crippen molar-refractivity contribution in [1.82, 2.24) is 14.5 Å². The van der Waals surface area contributed by atoms with Gasteiger partial charge in [-0.25, -0.2) is 9.78 Å². The molecule has 2 aromatic rings. The van der Waals surface area contributed by atoms with Crippen molar-refractivity contribution >= 4 is 23.2 Å². The molecule has 3 rings (SSSR count). The van der Waals surface area contributed by atoms with Crippen LogP contribution in [0.4, 0.5) is 0 Å². The Labute approximate surface area is 138 Å². The van der Waals surface area contributed by atoms with E-state index in [0.29, 0.717) is 5.56 Å². The number of aliphatic carboxylic acids is 1. The summed E-state index contributed by atoms with van der Waals surface area (Å²) >= 11 is 1.50. The van der Waals surface area contributed by atoms with Gasteiger partial charge >= 0.3 is 5.97 Å². The summed E-state index contributed by atoms with van der Waals surface area (Å²) in [5.41, 5.74) is 2.27. The predicted molar refractivity (Wildman–Crippen MR) is 87.2 cm³/mol. The van der Waals surface area contributed by atoms with E-state index in [-0.39, 0.29) is 11.9 Å². The Hall–Kier alpha value is -2.15. The molecular formula is C16H19N3O3S. The number of aromatic nitrogens is 2. The average Bonchev–Trinajstić information content (AvgIpc) is 3.09. The second-order valence-electron chi connectivity index (χ2n) is 5.89. The average molecular weight is 333 g/mol. The van der Waals surface area contributed by atoms with Crippen LogP contribution in [0.25, 0.3) is 5.13 Å². The molecule has 7 heteroatoms. The number of nitrogens with zero attached hydrogens (tertiary/aromatic N) is 3. The molecular weight excluding hydrogens is 314 g/mol. The Morgan fingerprint density at radius 1 is 1.43 bits per heavy atom. The van der Waals surface area contributed by atoms with Crippen LogP contribution in [-0.2, 0) is 4.79 Å². The van der Waals surface area contributed by atoms with E-state index in [9.17, 15) is 14.7 Å². The quantitative estimate of drug-likeness (QED) is 0.912. The van der Waals surface area contributed by atoms with Crippen molar-refractivity contribution in [2.24, 2.45) is 0 Å². The van der Waals surface area contributed by atoms with E-state index in [1.807, 2.05) is 29.9 Å². The minimum absolute atomic E-state index is 0.0384. The third-order valence-corrected chi connectivity index (χ3v) is 4.98. The standard InChI is InChI=1S/C16H19N3O3S/c1-9-8-13(10(2)18(9)16-17-6-7-23-16)14(20)19(12-4-5-12)11(3)15(21)22/h6-8,11-12H,4-5H2,1-3H3,(H,21,22). The van der Waals surface area contributed by atoms with Gasteiger partial charge in [0.15, 0.2) is 5.13 Å². The van der Waals surface area contributed by atoms with Gasteiger partial charge in [-0.2, -0.15) is 0 Å². The van der Waals surface area contributed by atoms with Crippen molar-refractivity contribution in [3.8, 4) is 5.13 Å². The molecule has 0 saturated heterocycles. The topological polar surface area (TPSA) is 75.4 Å². The Bertz CT molecular complexity index is 747. The van der Waals surface area contributed by atoms with Crippen LogP contribution >= 0.6 is 11.3 Å². The van der Waals surface area contributed by atoms with Gasteiger partial charge in [0.1, 0.15) is 6.04 Å². The van der Waals surface area contributed by atoms with Crippen LogP contribution in [0.1, 0.15) is 41.5 Å². The van der Waals surface area contributed by atoms with Gasteiger partial charge in [-0.3, -0.25) is 9.36 Å². The van der Waals surface area contributed by atoms with Crippen molar-refractivity contribution in [1.29, 1.82) is 0 Å². The molecule has 0 radical (unpaired) electrons.